The highest BCUT2D eigenvalue weighted by atomic mass is 14.8. The average Bonchev–Trinajstić information content (AvgIpc) is 1.99. The van der Waals surface area contributed by atoms with Gasteiger partial charge in [-0.25, -0.2) is 0 Å². The molecule has 0 spiro atoms. The average molecular weight is 155 g/mol. The molecule has 0 rings (SSSR count). The zero-order chi connectivity index (χ0) is 8.53. The predicted molar refractivity (Wildman–Crippen MR) is 51.8 cm³/mol. The second-order valence-corrected chi connectivity index (χ2v) is 3.09. The molecule has 0 aromatic carbocycles. The maximum atomic E-state index is 3.12. The molecular weight excluding hydrogens is 134 g/mol. The van der Waals surface area contributed by atoms with Gasteiger partial charge in [-0.3, -0.25) is 0 Å². The van der Waals surface area contributed by atoms with Crippen LogP contribution in [0.15, 0.2) is 12.2 Å². The van der Waals surface area contributed by atoms with Crippen molar-refractivity contribution in [2.24, 2.45) is 5.92 Å². The molecule has 0 saturated carbocycles. The van der Waals surface area contributed by atoms with E-state index in [1.807, 2.05) is 7.05 Å². The quantitative estimate of drug-likeness (QED) is 0.459. The van der Waals surface area contributed by atoms with E-state index in [2.05, 4.69) is 31.3 Å². The summed E-state index contributed by atoms with van der Waals surface area (Å²) in [6, 6.07) is 0. The van der Waals surface area contributed by atoms with Crippen molar-refractivity contribution >= 4 is 0 Å². The van der Waals surface area contributed by atoms with Crippen molar-refractivity contribution in [2.75, 3.05) is 13.6 Å². The molecule has 1 unspecified atom stereocenters. The first-order valence-electron chi connectivity index (χ1n) is 4.62. The van der Waals surface area contributed by atoms with Crippen molar-refractivity contribution in [3.8, 4) is 0 Å². The molecule has 0 heterocycles. The molecule has 0 aliphatic carbocycles. The normalized spacial score (nSPS) is 14.1. The fraction of sp³-hybridized carbons (Fsp3) is 0.800. The van der Waals surface area contributed by atoms with Crippen LogP contribution < -0.4 is 5.32 Å². The van der Waals surface area contributed by atoms with E-state index in [9.17, 15) is 0 Å². The van der Waals surface area contributed by atoms with Gasteiger partial charge in [0, 0.05) is 0 Å². The minimum Gasteiger partial charge on any atom is -0.319 e. The summed E-state index contributed by atoms with van der Waals surface area (Å²) in [5.74, 6) is 0.761. The number of nitrogens with one attached hydrogen (secondary N) is 1. The monoisotopic (exact) mass is 155 g/mol. The lowest BCUT2D eigenvalue weighted by molar-refractivity contribution is 0.631. The maximum absolute atomic E-state index is 3.12. The van der Waals surface area contributed by atoms with Crippen LogP contribution in [-0.2, 0) is 0 Å². The molecule has 11 heavy (non-hydrogen) atoms. The minimum atomic E-state index is 0.761. The van der Waals surface area contributed by atoms with Crippen molar-refractivity contribution in [2.45, 2.75) is 33.1 Å². The Morgan fingerprint density at radius 1 is 1.45 bits per heavy atom. The van der Waals surface area contributed by atoms with Gasteiger partial charge in [0.05, 0.1) is 0 Å². The molecule has 1 atom stereocenters. The van der Waals surface area contributed by atoms with Gasteiger partial charge in [-0.05, 0) is 32.4 Å². The third-order valence-electron chi connectivity index (χ3n) is 1.77. The lowest BCUT2D eigenvalue weighted by Gasteiger charge is -2.01. The van der Waals surface area contributed by atoms with Gasteiger partial charge in [0.1, 0.15) is 0 Å². The van der Waals surface area contributed by atoms with Gasteiger partial charge in [0.2, 0.25) is 0 Å². The molecular formula is C10H21N. The van der Waals surface area contributed by atoms with Crippen LogP contribution in [0, 0.1) is 5.92 Å². The van der Waals surface area contributed by atoms with E-state index in [-0.39, 0.29) is 0 Å². The van der Waals surface area contributed by atoms with E-state index in [1.165, 1.54) is 12.8 Å². The van der Waals surface area contributed by atoms with Gasteiger partial charge < -0.3 is 5.32 Å². The highest BCUT2D eigenvalue weighted by Crippen LogP contribution is 2.06. The fourth-order valence-corrected chi connectivity index (χ4v) is 1.11. The zero-order valence-corrected chi connectivity index (χ0v) is 8.06. The Balaban J connectivity index is 3.24. The second-order valence-electron chi connectivity index (χ2n) is 3.09. The highest BCUT2D eigenvalue weighted by Gasteiger charge is 1.91. The van der Waals surface area contributed by atoms with Crippen LogP contribution in [0.5, 0.6) is 0 Å². The van der Waals surface area contributed by atoms with Crippen LogP contribution in [0.1, 0.15) is 33.1 Å². The molecule has 0 aromatic heterocycles. The van der Waals surface area contributed by atoms with E-state index < -0.39 is 0 Å². The van der Waals surface area contributed by atoms with Gasteiger partial charge in [-0.2, -0.15) is 0 Å². The minimum absolute atomic E-state index is 0.761. The molecule has 0 saturated heterocycles. The van der Waals surface area contributed by atoms with E-state index in [0.29, 0.717) is 0 Å². The fourth-order valence-electron chi connectivity index (χ4n) is 1.11. The summed E-state index contributed by atoms with van der Waals surface area (Å²) in [4.78, 5) is 0. The lowest BCUT2D eigenvalue weighted by atomic mass is 10.1. The predicted octanol–water partition coefficient (Wildman–Crippen LogP) is 2.59. The van der Waals surface area contributed by atoms with Crippen LogP contribution in [0.2, 0.25) is 0 Å². The van der Waals surface area contributed by atoms with E-state index in [4.69, 9.17) is 0 Å². The summed E-state index contributed by atoms with van der Waals surface area (Å²) >= 11 is 0. The van der Waals surface area contributed by atoms with E-state index in [0.717, 1.165) is 18.9 Å². The zero-order valence-electron chi connectivity index (χ0n) is 8.06. The number of hydrogen-bond acceptors (Lipinski definition) is 1. The lowest BCUT2D eigenvalue weighted by Crippen LogP contribution is -2.05. The maximum Gasteiger partial charge on any atom is -0.00173 e. The molecule has 0 aliphatic heterocycles. The van der Waals surface area contributed by atoms with E-state index in [1.54, 1.807) is 0 Å². The third kappa shape index (κ3) is 7.60. The molecule has 1 heteroatoms. The largest absolute Gasteiger partial charge is 0.319 e. The SMILES string of the molecule is CCCC(C)/C=C/CCNC. The Bertz CT molecular complexity index is 97.0. The Morgan fingerprint density at radius 2 is 2.18 bits per heavy atom. The van der Waals surface area contributed by atoms with Crippen molar-refractivity contribution in [1.82, 2.24) is 5.32 Å². The van der Waals surface area contributed by atoms with Crippen molar-refractivity contribution in [3.63, 3.8) is 0 Å². The molecule has 0 amide bonds. The van der Waals surface area contributed by atoms with Crippen LogP contribution in [-0.4, -0.2) is 13.6 Å². The first-order chi connectivity index (χ1) is 5.31. The molecule has 66 valence electrons. The third-order valence-corrected chi connectivity index (χ3v) is 1.77. The first-order valence-corrected chi connectivity index (χ1v) is 4.62. The topological polar surface area (TPSA) is 12.0 Å². The molecule has 0 fully saturated rings. The summed E-state index contributed by atoms with van der Waals surface area (Å²) in [6.07, 6.45) is 8.36. The molecule has 1 N–H and O–H groups in total. The van der Waals surface area contributed by atoms with Gasteiger partial charge in [-0.15, -0.1) is 0 Å². The van der Waals surface area contributed by atoms with Crippen molar-refractivity contribution in [1.29, 1.82) is 0 Å². The van der Waals surface area contributed by atoms with Gasteiger partial charge >= 0.3 is 0 Å². The Hall–Kier alpha value is -0.300. The summed E-state index contributed by atoms with van der Waals surface area (Å²) < 4.78 is 0. The number of allylic oxidation sites excluding steroid dienone is 1. The van der Waals surface area contributed by atoms with Crippen molar-refractivity contribution < 1.29 is 0 Å². The first kappa shape index (κ1) is 10.7. The summed E-state index contributed by atoms with van der Waals surface area (Å²) in [5.41, 5.74) is 0. The summed E-state index contributed by atoms with van der Waals surface area (Å²) in [7, 11) is 1.99. The highest BCUT2D eigenvalue weighted by molar-refractivity contribution is 4.86. The Labute approximate surface area is 70.9 Å². The summed E-state index contributed by atoms with van der Waals surface area (Å²) in [6.45, 7) is 5.60. The number of hydrogen-bond donors (Lipinski definition) is 1. The van der Waals surface area contributed by atoms with Crippen LogP contribution in [0.4, 0.5) is 0 Å². The molecule has 0 aliphatic rings. The molecule has 0 aromatic rings. The van der Waals surface area contributed by atoms with Crippen molar-refractivity contribution in [3.05, 3.63) is 12.2 Å². The molecule has 0 bridgehead atoms. The van der Waals surface area contributed by atoms with Crippen LogP contribution in [0.25, 0.3) is 0 Å². The standard InChI is InChI=1S/C10H21N/c1-4-7-10(2)8-5-6-9-11-3/h5,8,10-11H,4,6-7,9H2,1-3H3/b8-5+. The van der Waals surface area contributed by atoms with Crippen LogP contribution >= 0.6 is 0 Å². The molecule has 0 radical (unpaired) electrons. The van der Waals surface area contributed by atoms with Crippen LogP contribution in [0.3, 0.4) is 0 Å². The molecule has 1 nitrogen and oxygen atoms in total. The Morgan fingerprint density at radius 3 is 2.73 bits per heavy atom. The van der Waals surface area contributed by atoms with Gasteiger partial charge in [0.25, 0.3) is 0 Å². The number of rotatable bonds is 6. The van der Waals surface area contributed by atoms with E-state index >= 15 is 0 Å². The smallest absolute Gasteiger partial charge is 0.00173 e. The Kier molecular flexibility index (Phi) is 7.59. The summed E-state index contributed by atoms with van der Waals surface area (Å²) in [5, 5.41) is 3.12. The van der Waals surface area contributed by atoms with Gasteiger partial charge in [-0.1, -0.05) is 32.4 Å². The second kappa shape index (κ2) is 7.80. The van der Waals surface area contributed by atoms with Gasteiger partial charge in [0.15, 0.2) is 0 Å².